The fourth-order valence-electron chi connectivity index (χ4n) is 2.80. The molecule has 0 amide bonds. The molecule has 1 aromatic heterocycles. The second kappa shape index (κ2) is 8.29. The van der Waals surface area contributed by atoms with Gasteiger partial charge in [-0.1, -0.05) is 18.2 Å². The number of aromatic amines is 1. The number of hydrogen-bond acceptors (Lipinski definition) is 4. The van der Waals surface area contributed by atoms with Crippen molar-refractivity contribution < 1.29 is 22.6 Å². The fraction of sp³-hybridized carbons (Fsp3) is 0.619. The van der Waals surface area contributed by atoms with Gasteiger partial charge in [0.1, 0.15) is 0 Å². The molecule has 2 aromatic rings. The molecular weight excluding hydrogens is 375 g/mol. The Morgan fingerprint density at radius 3 is 2.14 bits per heavy atom. The van der Waals surface area contributed by atoms with Gasteiger partial charge in [-0.3, -0.25) is 9.05 Å². The average molecular weight is 412 g/mol. The Hall–Kier alpha value is -1.17. The molecule has 0 saturated carbocycles. The summed E-state index contributed by atoms with van der Waals surface area (Å²) in [5.74, 6) is 0. The van der Waals surface area contributed by atoms with Crippen molar-refractivity contribution in [2.45, 2.75) is 59.2 Å². The molecule has 0 aliphatic carbocycles. The van der Waals surface area contributed by atoms with Gasteiger partial charge >= 0.3 is 7.82 Å². The molecule has 158 valence electrons. The van der Waals surface area contributed by atoms with E-state index in [9.17, 15) is 4.57 Å². The first-order chi connectivity index (χ1) is 12.7. The zero-order chi connectivity index (χ0) is 21.2. The van der Waals surface area contributed by atoms with Crippen LogP contribution < -0.4 is 0 Å². The number of nitrogens with one attached hydrogen (secondary N) is 1. The largest absolute Gasteiger partial charge is 0.480 e. The Morgan fingerprint density at radius 1 is 1.00 bits per heavy atom. The van der Waals surface area contributed by atoms with Crippen LogP contribution in [0.15, 0.2) is 30.5 Å². The van der Waals surface area contributed by atoms with E-state index in [-0.39, 0.29) is 6.73 Å². The first-order valence-electron chi connectivity index (χ1n) is 9.71. The zero-order valence-corrected chi connectivity index (χ0v) is 19.4. The number of benzene rings is 1. The van der Waals surface area contributed by atoms with E-state index in [0.29, 0.717) is 4.48 Å². The third-order valence-corrected chi connectivity index (χ3v) is 5.97. The maximum atomic E-state index is 13.2. The van der Waals surface area contributed by atoms with Crippen LogP contribution in [-0.2, 0) is 24.6 Å². The van der Waals surface area contributed by atoms with Crippen molar-refractivity contribution >= 4 is 18.7 Å². The lowest BCUT2D eigenvalue weighted by molar-refractivity contribution is -0.906. The molecule has 28 heavy (non-hydrogen) atoms. The molecule has 0 saturated heterocycles. The predicted molar refractivity (Wildman–Crippen MR) is 114 cm³/mol. The van der Waals surface area contributed by atoms with Crippen molar-refractivity contribution in [3.05, 3.63) is 36.0 Å². The van der Waals surface area contributed by atoms with Gasteiger partial charge in [-0.2, -0.15) is 0 Å². The monoisotopic (exact) mass is 411 g/mol. The van der Waals surface area contributed by atoms with Crippen LogP contribution in [0.4, 0.5) is 0 Å². The van der Waals surface area contributed by atoms with E-state index < -0.39 is 19.0 Å². The van der Waals surface area contributed by atoms with E-state index in [1.165, 1.54) is 10.9 Å². The normalized spacial score (nSPS) is 14.0. The van der Waals surface area contributed by atoms with Gasteiger partial charge in [0.15, 0.2) is 6.73 Å². The Labute approximate surface area is 169 Å². The smallest absolute Gasteiger partial charge is 0.361 e. The summed E-state index contributed by atoms with van der Waals surface area (Å²) >= 11 is 0. The topological polar surface area (TPSA) is 60.5 Å². The molecule has 1 N–H and O–H groups in total. The van der Waals surface area contributed by atoms with E-state index in [1.54, 1.807) is 0 Å². The molecule has 0 aliphatic heterocycles. The van der Waals surface area contributed by atoms with Crippen LogP contribution in [0.2, 0.25) is 0 Å². The van der Waals surface area contributed by atoms with Crippen molar-refractivity contribution in [3.8, 4) is 0 Å². The van der Waals surface area contributed by atoms with E-state index in [0.717, 1.165) is 18.5 Å². The van der Waals surface area contributed by atoms with E-state index in [1.807, 2.05) is 67.8 Å². The summed E-state index contributed by atoms with van der Waals surface area (Å²) in [6.07, 6.45) is 2.94. The Morgan fingerprint density at radius 2 is 1.57 bits per heavy atom. The summed E-state index contributed by atoms with van der Waals surface area (Å²) in [6, 6.07) is 8.28. The molecule has 1 heterocycles. The van der Waals surface area contributed by atoms with E-state index in [4.69, 9.17) is 13.6 Å². The lowest BCUT2D eigenvalue weighted by Gasteiger charge is -2.34. The molecule has 0 spiro atoms. The molecule has 2 rings (SSSR count). The average Bonchev–Trinajstić information content (AvgIpc) is 2.91. The highest BCUT2D eigenvalue weighted by molar-refractivity contribution is 7.48. The van der Waals surface area contributed by atoms with Crippen molar-refractivity contribution in [1.82, 2.24) is 4.98 Å². The molecule has 1 aromatic carbocycles. The van der Waals surface area contributed by atoms with Crippen LogP contribution >= 0.6 is 7.82 Å². The lowest BCUT2D eigenvalue weighted by atomic mass is 10.1. The molecule has 0 aliphatic rings. The number of quaternary nitrogens is 1. The number of H-pyrrole nitrogens is 1. The zero-order valence-electron chi connectivity index (χ0n) is 18.5. The lowest BCUT2D eigenvalue weighted by Crippen LogP contribution is -2.43. The number of para-hydroxylation sites is 1. The highest BCUT2D eigenvalue weighted by Crippen LogP contribution is 2.55. The fourth-order valence-corrected chi connectivity index (χ4v) is 4.73. The summed E-state index contributed by atoms with van der Waals surface area (Å²) < 4.78 is 30.9. The second-order valence-corrected chi connectivity index (χ2v) is 11.4. The van der Waals surface area contributed by atoms with Gasteiger partial charge in [0.05, 0.1) is 31.8 Å². The number of rotatable bonds is 8. The highest BCUT2D eigenvalue weighted by atomic mass is 31.2. The molecule has 0 radical (unpaired) electrons. The number of phosphoric acid groups is 1. The van der Waals surface area contributed by atoms with Gasteiger partial charge < -0.3 is 9.47 Å². The number of fused-ring (bicyclic) bond motifs is 1. The predicted octanol–water partition coefficient (Wildman–Crippen LogP) is 5.50. The third-order valence-electron chi connectivity index (χ3n) is 4.00. The van der Waals surface area contributed by atoms with Crippen LogP contribution in [0.3, 0.4) is 0 Å². The number of likely N-dealkylation sites (N-methyl/N-ethyl adjacent to an activating group) is 1. The quantitative estimate of drug-likeness (QED) is 0.354. The van der Waals surface area contributed by atoms with Crippen LogP contribution in [-0.4, -0.2) is 48.0 Å². The van der Waals surface area contributed by atoms with Gasteiger partial charge in [0, 0.05) is 23.5 Å². The van der Waals surface area contributed by atoms with Crippen LogP contribution in [0.1, 0.15) is 47.1 Å². The summed E-state index contributed by atoms with van der Waals surface area (Å²) in [4.78, 5) is 3.31. The van der Waals surface area contributed by atoms with Crippen molar-refractivity contribution in [3.63, 3.8) is 0 Å². The summed E-state index contributed by atoms with van der Waals surface area (Å²) in [7, 11) is 0.394. The SMILES string of the molecule is CC(C)(C)OP(=O)(OC[N+](C)(C)CCc1c[nH]c2ccccc12)OC(C)(C)C. The van der Waals surface area contributed by atoms with Crippen LogP contribution in [0.25, 0.3) is 10.9 Å². The minimum atomic E-state index is -3.70. The third kappa shape index (κ3) is 7.34. The van der Waals surface area contributed by atoms with E-state index in [2.05, 4.69) is 23.3 Å². The molecule has 7 heteroatoms. The summed E-state index contributed by atoms with van der Waals surface area (Å²) in [5, 5.41) is 1.24. The van der Waals surface area contributed by atoms with Crippen LogP contribution in [0, 0.1) is 0 Å². The minimum Gasteiger partial charge on any atom is -0.361 e. The molecule has 0 unspecified atom stereocenters. The summed E-state index contributed by atoms with van der Waals surface area (Å²) in [6.45, 7) is 12.1. The van der Waals surface area contributed by atoms with Gasteiger partial charge in [-0.25, -0.2) is 9.09 Å². The highest BCUT2D eigenvalue weighted by Gasteiger charge is 2.39. The molecule has 6 nitrogen and oxygen atoms in total. The maximum Gasteiger partial charge on any atom is 0.480 e. The van der Waals surface area contributed by atoms with Gasteiger partial charge in [0.25, 0.3) is 0 Å². The molecule has 0 bridgehead atoms. The van der Waals surface area contributed by atoms with Crippen LogP contribution in [0.5, 0.6) is 0 Å². The van der Waals surface area contributed by atoms with Crippen molar-refractivity contribution in [1.29, 1.82) is 0 Å². The molecular formula is C21H36N2O4P+. The van der Waals surface area contributed by atoms with Gasteiger partial charge in [-0.05, 0) is 53.2 Å². The number of nitrogens with zero attached hydrogens (tertiary/aromatic N) is 1. The van der Waals surface area contributed by atoms with Crippen molar-refractivity contribution in [2.24, 2.45) is 0 Å². The number of hydrogen-bond donors (Lipinski definition) is 1. The Balaban J connectivity index is 2.03. The Kier molecular flexibility index (Phi) is 6.84. The number of phosphoric ester groups is 1. The standard InChI is InChI=1S/C21H36N2O4P/c1-20(2,3)26-28(24,27-21(4,5)6)25-16-23(7,8)14-13-17-15-22-19-12-10-9-11-18(17)19/h9-12,15,22H,13-14,16H2,1-8H3/q+1. The maximum absolute atomic E-state index is 13.2. The second-order valence-electron chi connectivity index (χ2n) is 9.88. The summed E-state index contributed by atoms with van der Waals surface area (Å²) in [5.41, 5.74) is 1.13. The molecule has 0 atom stereocenters. The number of aromatic nitrogens is 1. The minimum absolute atomic E-state index is 0.228. The first kappa shape index (κ1) is 23.1. The van der Waals surface area contributed by atoms with Crippen molar-refractivity contribution in [2.75, 3.05) is 27.4 Å². The first-order valence-corrected chi connectivity index (χ1v) is 11.2. The Bertz CT molecular complexity index is 811. The van der Waals surface area contributed by atoms with E-state index >= 15 is 0 Å². The van der Waals surface area contributed by atoms with Gasteiger partial charge in [0.2, 0.25) is 0 Å². The van der Waals surface area contributed by atoms with Gasteiger partial charge in [-0.15, -0.1) is 0 Å². The molecule has 0 fully saturated rings.